The van der Waals surface area contributed by atoms with Crippen LogP contribution in [-0.4, -0.2) is 0 Å². The van der Waals surface area contributed by atoms with Crippen LogP contribution in [0.2, 0.25) is 0 Å². The summed E-state index contributed by atoms with van der Waals surface area (Å²) in [4.78, 5) is 0. The van der Waals surface area contributed by atoms with E-state index in [1.54, 1.807) is 12.5 Å². The van der Waals surface area contributed by atoms with Crippen LogP contribution in [0.25, 0.3) is 21.9 Å². The summed E-state index contributed by atoms with van der Waals surface area (Å²) in [5.41, 5.74) is 4.74. The van der Waals surface area contributed by atoms with Gasteiger partial charge in [-0.15, -0.1) is 0 Å². The van der Waals surface area contributed by atoms with Crippen molar-refractivity contribution in [2.45, 2.75) is 32.1 Å². The van der Waals surface area contributed by atoms with E-state index in [1.807, 2.05) is 12.1 Å². The number of unbranched alkanes of at least 4 members (excludes halogenated alkanes) is 2. The normalized spacial score (nSPS) is 11.5. The molecule has 0 bridgehead atoms. The van der Waals surface area contributed by atoms with Crippen LogP contribution in [0.5, 0.6) is 0 Å². The van der Waals surface area contributed by atoms with E-state index < -0.39 is 0 Å². The summed E-state index contributed by atoms with van der Waals surface area (Å²) >= 11 is 0. The van der Waals surface area contributed by atoms with Crippen LogP contribution in [-0.2, 0) is 12.8 Å². The Morgan fingerprint density at radius 3 is 1.61 bits per heavy atom. The third-order valence-electron chi connectivity index (χ3n) is 4.51. The van der Waals surface area contributed by atoms with Gasteiger partial charge in [0.05, 0.1) is 12.5 Å². The van der Waals surface area contributed by atoms with Crippen molar-refractivity contribution >= 4 is 21.9 Å². The summed E-state index contributed by atoms with van der Waals surface area (Å²) in [6.45, 7) is 0. The standard InChI is InChI=1S/C21H20O2/c1(2-6-16-8-4-10-18-12-14-22-20(16)18)3-7-17-9-5-11-19-13-15-23-21(17)19/h4-5,8-15H,1-3,6-7H2. The minimum absolute atomic E-state index is 1.05. The Morgan fingerprint density at radius 1 is 0.565 bits per heavy atom. The van der Waals surface area contributed by atoms with E-state index in [9.17, 15) is 0 Å². The summed E-state index contributed by atoms with van der Waals surface area (Å²) in [6, 6.07) is 16.9. The SMILES string of the molecule is c1cc(CCCCCc2cccc3ccoc23)c2occc2c1. The summed E-state index contributed by atoms with van der Waals surface area (Å²) in [7, 11) is 0. The summed E-state index contributed by atoms with van der Waals surface area (Å²) in [5, 5.41) is 2.40. The predicted octanol–water partition coefficient (Wildman–Crippen LogP) is 6.13. The van der Waals surface area contributed by atoms with Gasteiger partial charge in [0, 0.05) is 10.8 Å². The van der Waals surface area contributed by atoms with Crippen molar-refractivity contribution in [2.75, 3.05) is 0 Å². The Balaban J connectivity index is 1.32. The average molecular weight is 304 g/mol. The Kier molecular flexibility index (Phi) is 3.89. The van der Waals surface area contributed by atoms with E-state index in [-0.39, 0.29) is 0 Å². The molecule has 0 amide bonds. The lowest BCUT2D eigenvalue weighted by Crippen LogP contribution is -1.90. The summed E-state index contributed by atoms with van der Waals surface area (Å²) in [6.07, 6.45) is 9.30. The van der Waals surface area contributed by atoms with Crippen molar-refractivity contribution in [1.82, 2.24) is 0 Å². The Bertz CT molecular complexity index is 838. The van der Waals surface area contributed by atoms with Gasteiger partial charge < -0.3 is 8.83 Å². The Labute approximate surface area is 135 Å². The second-order valence-electron chi connectivity index (χ2n) is 6.07. The van der Waals surface area contributed by atoms with Gasteiger partial charge in [-0.1, -0.05) is 42.8 Å². The highest BCUT2D eigenvalue weighted by Crippen LogP contribution is 2.23. The maximum Gasteiger partial charge on any atom is 0.137 e. The first-order valence-corrected chi connectivity index (χ1v) is 8.32. The van der Waals surface area contributed by atoms with Crippen molar-refractivity contribution in [3.05, 3.63) is 72.2 Å². The molecule has 0 N–H and O–H groups in total. The van der Waals surface area contributed by atoms with Gasteiger partial charge in [0.15, 0.2) is 0 Å². The van der Waals surface area contributed by atoms with Crippen LogP contribution in [0.1, 0.15) is 30.4 Å². The fourth-order valence-electron chi connectivity index (χ4n) is 3.31. The molecule has 2 aromatic heterocycles. The number of hydrogen-bond donors (Lipinski definition) is 0. The molecule has 23 heavy (non-hydrogen) atoms. The molecule has 0 spiro atoms. The van der Waals surface area contributed by atoms with Crippen LogP contribution < -0.4 is 0 Å². The van der Waals surface area contributed by atoms with Crippen molar-refractivity contribution < 1.29 is 8.83 Å². The molecule has 0 atom stereocenters. The van der Waals surface area contributed by atoms with Crippen molar-refractivity contribution in [3.8, 4) is 0 Å². The molecule has 0 fully saturated rings. The van der Waals surface area contributed by atoms with Crippen molar-refractivity contribution in [3.63, 3.8) is 0 Å². The lowest BCUT2D eigenvalue weighted by Gasteiger charge is -2.04. The molecule has 2 heteroatoms. The van der Waals surface area contributed by atoms with E-state index in [1.165, 1.54) is 41.2 Å². The van der Waals surface area contributed by atoms with Crippen LogP contribution in [0.4, 0.5) is 0 Å². The van der Waals surface area contributed by atoms with Gasteiger partial charge in [-0.2, -0.15) is 0 Å². The molecule has 2 nitrogen and oxygen atoms in total. The van der Waals surface area contributed by atoms with Crippen LogP contribution in [0.3, 0.4) is 0 Å². The smallest absolute Gasteiger partial charge is 0.137 e. The maximum absolute atomic E-state index is 5.60. The molecule has 0 saturated heterocycles. The summed E-state index contributed by atoms with van der Waals surface area (Å²) in [5.74, 6) is 0. The zero-order chi connectivity index (χ0) is 15.5. The van der Waals surface area contributed by atoms with Crippen molar-refractivity contribution in [1.29, 1.82) is 0 Å². The first kappa shape index (κ1) is 14.1. The largest absolute Gasteiger partial charge is 0.464 e. The van der Waals surface area contributed by atoms with Crippen molar-refractivity contribution in [2.24, 2.45) is 0 Å². The average Bonchev–Trinajstić information content (AvgIpc) is 3.24. The molecule has 2 heterocycles. The second kappa shape index (κ2) is 6.33. The maximum atomic E-state index is 5.60. The number of fused-ring (bicyclic) bond motifs is 2. The van der Waals surface area contributed by atoms with Crippen LogP contribution in [0, 0.1) is 0 Å². The predicted molar refractivity (Wildman–Crippen MR) is 93.7 cm³/mol. The molecule has 116 valence electrons. The monoisotopic (exact) mass is 304 g/mol. The van der Waals surface area contributed by atoms with Gasteiger partial charge in [-0.25, -0.2) is 0 Å². The molecule has 0 saturated carbocycles. The zero-order valence-electron chi connectivity index (χ0n) is 13.1. The molecular formula is C21H20O2. The number of aryl methyl sites for hydroxylation is 2. The highest BCUT2D eigenvalue weighted by Gasteiger charge is 2.05. The van der Waals surface area contributed by atoms with E-state index in [0.29, 0.717) is 0 Å². The topological polar surface area (TPSA) is 26.3 Å². The Morgan fingerprint density at radius 2 is 1.09 bits per heavy atom. The second-order valence-corrected chi connectivity index (χ2v) is 6.07. The van der Waals surface area contributed by atoms with Crippen LogP contribution in [0.15, 0.2) is 69.9 Å². The van der Waals surface area contributed by atoms with E-state index >= 15 is 0 Å². The van der Waals surface area contributed by atoms with E-state index in [0.717, 1.165) is 24.0 Å². The number of hydrogen-bond acceptors (Lipinski definition) is 2. The zero-order valence-corrected chi connectivity index (χ0v) is 13.1. The van der Waals surface area contributed by atoms with Gasteiger partial charge in [0.1, 0.15) is 11.2 Å². The third-order valence-corrected chi connectivity index (χ3v) is 4.51. The fraction of sp³-hybridized carbons (Fsp3) is 0.238. The fourth-order valence-corrected chi connectivity index (χ4v) is 3.31. The number of rotatable bonds is 6. The van der Waals surface area contributed by atoms with E-state index in [2.05, 4.69) is 36.4 Å². The molecule has 2 aromatic carbocycles. The number of furan rings is 2. The minimum atomic E-state index is 1.05. The molecule has 0 aliphatic rings. The lowest BCUT2D eigenvalue weighted by molar-refractivity contribution is 0.601. The molecular weight excluding hydrogens is 284 g/mol. The quantitative estimate of drug-likeness (QED) is 0.400. The molecule has 0 aliphatic carbocycles. The molecule has 0 radical (unpaired) electrons. The van der Waals surface area contributed by atoms with Gasteiger partial charge in [0.25, 0.3) is 0 Å². The molecule has 0 unspecified atom stereocenters. The third kappa shape index (κ3) is 2.89. The molecule has 4 aromatic rings. The van der Waals surface area contributed by atoms with Gasteiger partial charge in [-0.3, -0.25) is 0 Å². The molecule has 4 rings (SSSR count). The summed E-state index contributed by atoms with van der Waals surface area (Å²) < 4.78 is 11.2. The molecule has 0 aliphatic heterocycles. The Hall–Kier alpha value is -2.48. The van der Waals surface area contributed by atoms with Gasteiger partial charge in [0.2, 0.25) is 0 Å². The number of para-hydroxylation sites is 2. The van der Waals surface area contributed by atoms with Gasteiger partial charge >= 0.3 is 0 Å². The number of benzene rings is 2. The van der Waals surface area contributed by atoms with E-state index in [4.69, 9.17) is 8.83 Å². The first-order chi connectivity index (χ1) is 11.4. The lowest BCUT2D eigenvalue weighted by atomic mass is 10.0. The highest BCUT2D eigenvalue weighted by molar-refractivity contribution is 5.80. The minimum Gasteiger partial charge on any atom is -0.464 e. The highest BCUT2D eigenvalue weighted by atomic mass is 16.3. The van der Waals surface area contributed by atoms with Crippen LogP contribution >= 0.6 is 0 Å². The van der Waals surface area contributed by atoms with Gasteiger partial charge in [-0.05, 0) is 48.9 Å². The first-order valence-electron chi connectivity index (χ1n) is 8.32.